The van der Waals surface area contributed by atoms with Crippen molar-refractivity contribution in [2.24, 2.45) is 0 Å². The molecule has 0 bridgehead atoms. The van der Waals surface area contributed by atoms with Gasteiger partial charge in [0.05, 0.1) is 0 Å². The maximum Gasteiger partial charge on any atom is 0.339 e. The summed E-state index contributed by atoms with van der Waals surface area (Å²) in [7, 11) is -4.16. The number of aryl methyl sites for hydroxylation is 1. The predicted molar refractivity (Wildman–Crippen MR) is 111 cm³/mol. The molecular weight excluding hydrogens is 428 g/mol. The standard InChI is InChI=1S/C23H16F3O4P/c1-10-4-6-13-15(8-10)31(29,30)16-9-11(2)5-7-14(16)17(13)18-19(23(27)28)22(26)21(25)12(3)20(18)24/h4-9H,1H2,2-3H3,(H,27,28)(H,29,30). The highest BCUT2D eigenvalue weighted by Crippen LogP contribution is 2.44. The molecule has 1 heterocycles. The molecule has 158 valence electrons. The van der Waals surface area contributed by atoms with Crippen molar-refractivity contribution in [3.63, 3.8) is 0 Å². The fourth-order valence-electron chi connectivity index (χ4n) is 3.90. The van der Waals surface area contributed by atoms with Gasteiger partial charge in [-0.3, -0.25) is 4.57 Å². The van der Waals surface area contributed by atoms with Crippen LogP contribution in [-0.2, 0) is 4.57 Å². The largest absolute Gasteiger partial charge is 0.478 e. The van der Waals surface area contributed by atoms with E-state index < -0.39 is 47.5 Å². The molecule has 0 aromatic heterocycles. The SMILES string of the molecule is C=c1ccc2c(c1)P(=O)(O)c1cc(C)ccc1C=2c1c(F)c(C)c(F)c(F)c1C(=O)O. The molecule has 8 heteroatoms. The van der Waals surface area contributed by atoms with E-state index in [-0.39, 0.29) is 27.0 Å². The first-order valence-electron chi connectivity index (χ1n) is 9.15. The number of benzene rings is 3. The summed E-state index contributed by atoms with van der Waals surface area (Å²) in [6, 6.07) is 8.76. The Morgan fingerprint density at radius 3 is 2.29 bits per heavy atom. The molecule has 0 fully saturated rings. The molecule has 4 nitrogen and oxygen atoms in total. The minimum Gasteiger partial charge on any atom is -0.478 e. The smallest absolute Gasteiger partial charge is 0.339 e. The van der Waals surface area contributed by atoms with Gasteiger partial charge in [0.15, 0.2) is 11.6 Å². The van der Waals surface area contributed by atoms with Crippen LogP contribution in [0.4, 0.5) is 13.2 Å². The van der Waals surface area contributed by atoms with Crippen LogP contribution in [0.5, 0.6) is 0 Å². The van der Waals surface area contributed by atoms with Crippen LogP contribution in [0.1, 0.15) is 32.6 Å². The minimum absolute atomic E-state index is 0.0428. The Morgan fingerprint density at radius 1 is 0.968 bits per heavy atom. The summed E-state index contributed by atoms with van der Waals surface area (Å²) < 4.78 is 57.7. The first-order chi connectivity index (χ1) is 14.5. The van der Waals surface area contributed by atoms with Crippen molar-refractivity contribution in [3.8, 4) is 0 Å². The van der Waals surface area contributed by atoms with Gasteiger partial charge in [0, 0.05) is 27.3 Å². The Labute approximate surface area is 175 Å². The van der Waals surface area contributed by atoms with Gasteiger partial charge in [0.2, 0.25) is 0 Å². The molecular formula is C23H16F3O4P. The molecule has 3 aromatic carbocycles. The number of fused-ring (bicyclic) bond motifs is 2. The quantitative estimate of drug-likeness (QED) is 0.471. The molecule has 0 radical (unpaired) electrons. The predicted octanol–water partition coefficient (Wildman–Crippen LogP) is 2.61. The Balaban J connectivity index is 2.36. The van der Waals surface area contributed by atoms with Crippen LogP contribution >= 0.6 is 7.37 Å². The van der Waals surface area contributed by atoms with Gasteiger partial charge < -0.3 is 10.00 Å². The number of aromatic carboxylic acids is 1. The minimum atomic E-state index is -4.16. The lowest BCUT2D eigenvalue weighted by Crippen LogP contribution is -2.40. The molecule has 0 saturated heterocycles. The van der Waals surface area contributed by atoms with Gasteiger partial charge in [-0.2, -0.15) is 0 Å². The lowest BCUT2D eigenvalue weighted by molar-refractivity contribution is 0.0689. The van der Waals surface area contributed by atoms with E-state index in [1.165, 1.54) is 30.3 Å². The Kier molecular flexibility index (Phi) is 4.72. The summed E-state index contributed by atoms with van der Waals surface area (Å²) in [5.74, 6) is -6.41. The number of carboxylic acids is 1. The first kappa shape index (κ1) is 21.1. The zero-order valence-electron chi connectivity index (χ0n) is 16.5. The highest BCUT2D eigenvalue weighted by Gasteiger charge is 2.38. The fraction of sp³-hybridized carbons (Fsp3) is 0.0870. The van der Waals surface area contributed by atoms with Crippen molar-refractivity contribution in [1.29, 1.82) is 0 Å². The second-order valence-electron chi connectivity index (χ2n) is 7.45. The summed E-state index contributed by atoms with van der Waals surface area (Å²) in [6.45, 7) is 6.44. The average Bonchev–Trinajstić information content (AvgIpc) is 2.70. The van der Waals surface area contributed by atoms with Crippen molar-refractivity contribution in [2.45, 2.75) is 13.8 Å². The molecule has 0 saturated carbocycles. The third-order valence-corrected chi connectivity index (χ3v) is 7.46. The molecule has 0 aliphatic carbocycles. The van der Waals surface area contributed by atoms with Crippen LogP contribution < -0.4 is 21.0 Å². The zero-order chi connectivity index (χ0) is 22.8. The molecule has 1 aliphatic heterocycles. The van der Waals surface area contributed by atoms with E-state index in [1.807, 2.05) is 0 Å². The van der Waals surface area contributed by atoms with Crippen molar-refractivity contribution < 1.29 is 32.5 Å². The molecule has 1 unspecified atom stereocenters. The van der Waals surface area contributed by atoms with Gasteiger partial charge in [-0.05, 0) is 42.0 Å². The van der Waals surface area contributed by atoms with Crippen molar-refractivity contribution in [1.82, 2.24) is 0 Å². The maximum atomic E-state index is 15.4. The molecule has 31 heavy (non-hydrogen) atoms. The van der Waals surface area contributed by atoms with E-state index >= 15 is 4.39 Å². The summed E-state index contributed by atoms with van der Waals surface area (Å²) in [6.07, 6.45) is 0. The van der Waals surface area contributed by atoms with Crippen LogP contribution in [0.15, 0.2) is 36.4 Å². The Morgan fingerprint density at radius 2 is 1.65 bits per heavy atom. The second-order valence-corrected chi connectivity index (χ2v) is 9.56. The van der Waals surface area contributed by atoms with Crippen LogP contribution in [0.25, 0.3) is 12.2 Å². The molecule has 3 aromatic rings. The third kappa shape index (κ3) is 2.96. The molecule has 2 N–H and O–H groups in total. The topological polar surface area (TPSA) is 74.6 Å². The van der Waals surface area contributed by atoms with Crippen LogP contribution in [0.2, 0.25) is 0 Å². The Bertz CT molecular complexity index is 1480. The van der Waals surface area contributed by atoms with Gasteiger partial charge in [0.1, 0.15) is 11.4 Å². The van der Waals surface area contributed by atoms with E-state index in [0.29, 0.717) is 10.8 Å². The maximum absolute atomic E-state index is 15.4. The third-order valence-electron chi connectivity index (χ3n) is 5.41. The molecule has 0 spiro atoms. The summed E-state index contributed by atoms with van der Waals surface area (Å²) in [5, 5.41) is 9.95. The highest BCUT2D eigenvalue weighted by molar-refractivity contribution is 7.73. The molecule has 1 aliphatic rings. The van der Waals surface area contributed by atoms with E-state index in [4.69, 9.17) is 0 Å². The van der Waals surface area contributed by atoms with Crippen molar-refractivity contribution in [3.05, 3.63) is 92.1 Å². The lowest BCUT2D eigenvalue weighted by Gasteiger charge is -2.26. The number of carbonyl (C=O) groups is 1. The zero-order valence-corrected chi connectivity index (χ0v) is 17.4. The van der Waals surface area contributed by atoms with Gasteiger partial charge in [0.25, 0.3) is 7.37 Å². The van der Waals surface area contributed by atoms with Crippen molar-refractivity contribution >= 4 is 36.1 Å². The van der Waals surface area contributed by atoms with E-state index in [2.05, 4.69) is 6.58 Å². The van der Waals surface area contributed by atoms with Gasteiger partial charge >= 0.3 is 5.97 Å². The number of rotatable bonds is 2. The number of halogens is 3. The van der Waals surface area contributed by atoms with Crippen LogP contribution in [0.3, 0.4) is 0 Å². The van der Waals surface area contributed by atoms with Crippen LogP contribution in [-0.4, -0.2) is 16.0 Å². The summed E-state index contributed by atoms with van der Waals surface area (Å²) in [5.41, 5.74) is -1.92. The van der Waals surface area contributed by atoms with E-state index in [1.54, 1.807) is 13.0 Å². The Hall–Kier alpha value is -3.15. The van der Waals surface area contributed by atoms with Crippen LogP contribution in [0, 0.1) is 31.3 Å². The first-order valence-corrected chi connectivity index (χ1v) is 10.8. The molecule has 1 atom stereocenters. The average molecular weight is 444 g/mol. The summed E-state index contributed by atoms with van der Waals surface area (Å²) >= 11 is 0. The van der Waals surface area contributed by atoms with Gasteiger partial charge in [-0.25, -0.2) is 18.0 Å². The fourth-order valence-corrected chi connectivity index (χ4v) is 5.91. The molecule has 4 rings (SSSR count). The second kappa shape index (κ2) is 6.94. The summed E-state index contributed by atoms with van der Waals surface area (Å²) in [4.78, 5) is 22.8. The number of hydrogen-bond donors (Lipinski definition) is 2. The van der Waals surface area contributed by atoms with E-state index in [9.17, 15) is 28.1 Å². The number of carboxylic acid groups (broad SMARTS) is 1. The molecule has 0 amide bonds. The highest BCUT2D eigenvalue weighted by atomic mass is 31.2. The van der Waals surface area contributed by atoms with Gasteiger partial charge in [-0.15, -0.1) is 0 Å². The number of hydrogen-bond acceptors (Lipinski definition) is 2. The van der Waals surface area contributed by atoms with Gasteiger partial charge in [-0.1, -0.05) is 36.4 Å². The monoisotopic (exact) mass is 444 g/mol. The van der Waals surface area contributed by atoms with Crippen molar-refractivity contribution in [2.75, 3.05) is 0 Å². The lowest BCUT2D eigenvalue weighted by atomic mass is 9.88. The van der Waals surface area contributed by atoms with E-state index in [0.717, 1.165) is 6.92 Å². The normalized spacial score (nSPS) is 17.3.